The van der Waals surface area contributed by atoms with E-state index < -0.39 is 0 Å². The van der Waals surface area contributed by atoms with Crippen LogP contribution >= 0.6 is 0 Å². The second kappa shape index (κ2) is 7.58. The maximum absolute atomic E-state index is 13.1. The van der Waals surface area contributed by atoms with Gasteiger partial charge in [-0.15, -0.1) is 0 Å². The molecular formula is C21H27N5O2. The smallest absolute Gasteiger partial charge is 0.257 e. The molecule has 0 atom stereocenters. The van der Waals surface area contributed by atoms with Crippen LogP contribution in [0, 0.1) is 13.8 Å². The number of likely N-dealkylation sites (N-methyl/N-ethyl adjacent to an activating group) is 1. The van der Waals surface area contributed by atoms with E-state index in [1.807, 2.05) is 37.4 Å². The van der Waals surface area contributed by atoms with E-state index in [2.05, 4.69) is 30.9 Å². The van der Waals surface area contributed by atoms with Gasteiger partial charge < -0.3 is 9.42 Å². The molecule has 1 amide bonds. The van der Waals surface area contributed by atoms with E-state index in [0.29, 0.717) is 30.2 Å². The molecule has 148 valence electrons. The number of hydrogen-bond donors (Lipinski definition) is 0. The lowest BCUT2D eigenvalue weighted by Gasteiger charge is -2.20. The van der Waals surface area contributed by atoms with Crippen molar-refractivity contribution in [2.75, 3.05) is 13.6 Å². The predicted molar refractivity (Wildman–Crippen MR) is 107 cm³/mol. The molecule has 2 heterocycles. The molecule has 1 aromatic carbocycles. The van der Waals surface area contributed by atoms with Crippen LogP contribution in [-0.2, 0) is 11.8 Å². The van der Waals surface area contributed by atoms with Gasteiger partial charge in [0, 0.05) is 38.5 Å². The number of aromatic nitrogens is 4. The lowest BCUT2D eigenvalue weighted by molar-refractivity contribution is 0.0793. The zero-order valence-corrected chi connectivity index (χ0v) is 17.4. The predicted octanol–water partition coefficient (Wildman–Crippen LogP) is 3.48. The van der Waals surface area contributed by atoms with E-state index in [-0.39, 0.29) is 11.3 Å². The number of carbonyl (C=O) groups is 1. The second-order valence-electron chi connectivity index (χ2n) is 8.13. The fourth-order valence-corrected chi connectivity index (χ4v) is 2.93. The van der Waals surface area contributed by atoms with Gasteiger partial charge in [0.05, 0.1) is 16.9 Å². The van der Waals surface area contributed by atoms with E-state index >= 15 is 0 Å². The molecule has 0 saturated heterocycles. The summed E-state index contributed by atoms with van der Waals surface area (Å²) in [4.78, 5) is 19.0. The Balaban J connectivity index is 1.86. The quantitative estimate of drug-likeness (QED) is 0.676. The zero-order chi connectivity index (χ0) is 20.5. The first-order valence-corrected chi connectivity index (χ1v) is 9.37. The van der Waals surface area contributed by atoms with Gasteiger partial charge in [0.2, 0.25) is 5.89 Å². The molecule has 0 radical (unpaired) electrons. The van der Waals surface area contributed by atoms with E-state index in [1.54, 1.807) is 23.6 Å². The lowest BCUT2D eigenvalue weighted by atomic mass is 9.89. The molecule has 3 rings (SSSR count). The van der Waals surface area contributed by atoms with Crippen molar-refractivity contribution in [3.05, 3.63) is 59.0 Å². The van der Waals surface area contributed by atoms with E-state index in [4.69, 9.17) is 9.62 Å². The minimum Gasteiger partial charge on any atom is -0.341 e. The highest BCUT2D eigenvalue weighted by atomic mass is 16.5. The van der Waals surface area contributed by atoms with Crippen molar-refractivity contribution in [3.63, 3.8) is 0 Å². The Morgan fingerprint density at radius 3 is 2.43 bits per heavy atom. The largest absolute Gasteiger partial charge is 0.341 e. The molecule has 28 heavy (non-hydrogen) atoms. The van der Waals surface area contributed by atoms with Gasteiger partial charge >= 0.3 is 0 Å². The van der Waals surface area contributed by atoms with E-state index in [1.165, 1.54) is 5.56 Å². The average molecular weight is 381 g/mol. The van der Waals surface area contributed by atoms with Crippen molar-refractivity contribution in [3.8, 4) is 5.69 Å². The number of carbonyl (C=O) groups excluding carboxylic acids is 1. The summed E-state index contributed by atoms with van der Waals surface area (Å²) >= 11 is 0. The monoisotopic (exact) mass is 381 g/mol. The zero-order valence-electron chi connectivity index (χ0n) is 17.4. The highest BCUT2D eigenvalue weighted by molar-refractivity contribution is 5.95. The van der Waals surface area contributed by atoms with Gasteiger partial charge in [0.15, 0.2) is 5.82 Å². The molecule has 7 nitrogen and oxygen atoms in total. The molecule has 0 aliphatic rings. The summed E-state index contributed by atoms with van der Waals surface area (Å²) in [6.45, 7) is 10.5. The van der Waals surface area contributed by atoms with Gasteiger partial charge in [0.1, 0.15) is 0 Å². The molecule has 7 heteroatoms. The van der Waals surface area contributed by atoms with Crippen molar-refractivity contribution >= 4 is 5.91 Å². The summed E-state index contributed by atoms with van der Waals surface area (Å²) in [7, 11) is 1.78. The van der Waals surface area contributed by atoms with Crippen LogP contribution in [0.1, 0.15) is 54.1 Å². The molecule has 2 aromatic heterocycles. The first kappa shape index (κ1) is 19.8. The number of amides is 1. The molecule has 0 bridgehead atoms. The van der Waals surface area contributed by atoms with Crippen molar-refractivity contribution in [2.45, 2.75) is 46.5 Å². The maximum atomic E-state index is 13.1. The van der Waals surface area contributed by atoms with Gasteiger partial charge in [-0.2, -0.15) is 10.1 Å². The van der Waals surface area contributed by atoms with Crippen molar-refractivity contribution in [1.82, 2.24) is 24.8 Å². The van der Waals surface area contributed by atoms with Gasteiger partial charge in [-0.3, -0.25) is 4.79 Å². The minimum absolute atomic E-state index is 0.0662. The van der Waals surface area contributed by atoms with Crippen LogP contribution in [0.3, 0.4) is 0 Å². The summed E-state index contributed by atoms with van der Waals surface area (Å²) in [6, 6.07) is 8.08. The van der Waals surface area contributed by atoms with Gasteiger partial charge in [-0.1, -0.05) is 43.6 Å². The molecule has 3 aromatic rings. The Kier molecular flexibility index (Phi) is 5.36. The normalized spacial score (nSPS) is 11.6. The Labute approximate surface area is 165 Å². The van der Waals surface area contributed by atoms with Gasteiger partial charge in [-0.25, -0.2) is 4.68 Å². The van der Waals surface area contributed by atoms with Crippen LogP contribution < -0.4 is 0 Å². The molecule has 0 saturated carbocycles. The fraction of sp³-hybridized carbons (Fsp3) is 0.429. The van der Waals surface area contributed by atoms with Crippen molar-refractivity contribution < 1.29 is 9.32 Å². The van der Waals surface area contributed by atoms with Crippen LogP contribution in [0.2, 0.25) is 0 Å². The van der Waals surface area contributed by atoms with E-state index in [0.717, 1.165) is 11.4 Å². The minimum atomic E-state index is -0.257. The molecule has 0 unspecified atom stereocenters. The molecule has 0 spiro atoms. The first-order chi connectivity index (χ1) is 13.1. The van der Waals surface area contributed by atoms with Crippen LogP contribution in [0.4, 0.5) is 0 Å². The fourth-order valence-electron chi connectivity index (χ4n) is 2.93. The number of rotatable bonds is 5. The summed E-state index contributed by atoms with van der Waals surface area (Å²) in [5, 5.41) is 8.62. The van der Waals surface area contributed by atoms with Crippen molar-refractivity contribution in [1.29, 1.82) is 0 Å². The van der Waals surface area contributed by atoms with Gasteiger partial charge in [-0.05, 0) is 19.1 Å². The third-order valence-electron chi connectivity index (χ3n) is 4.54. The number of hydrogen-bond acceptors (Lipinski definition) is 5. The Hall–Kier alpha value is -2.96. The molecule has 0 fully saturated rings. The topological polar surface area (TPSA) is 77.0 Å². The molecule has 0 aliphatic carbocycles. The van der Waals surface area contributed by atoms with Crippen molar-refractivity contribution in [2.24, 2.45) is 0 Å². The van der Waals surface area contributed by atoms with Gasteiger partial charge in [0.25, 0.3) is 5.91 Å². The molecule has 0 aliphatic heterocycles. The SMILES string of the molecule is Cc1ccc(-n2cc(C(=O)N(C)CCc3noc(C)n3)c(C(C)(C)C)n2)cc1. The third kappa shape index (κ3) is 4.30. The number of nitrogens with zero attached hydrogens (tertiary/aromatic N) is 5. The summed E-state index contributed by atoms with van der Waals surface area (Å²) in [5.74, 6) is 1.06. The molecular weight excluding hydrogens is 354 g/mol. The van der Waals surface area contributed by atoms with Crippen LogP contribution in [0.15, 0.2) is 35.0 Å². The second-order valence-corrected chi connectivity index (χ2v) is 8.13. The highest BCUT2D eigenvalue weighted by Crippen LogP contribution is 2.26. The highest BCUT2D eigenvalue weighted by Gasteiger charge is 2.28. The van der Waals surface area contributed by atoms with E-state index in [9.17, 15) is 4.79 Å². The number of benzene rings is 1. The summed E-state index contributed by atoms with van der Waals surface area (Å²) in [6.07, 6.45) is 2.36. The van der Waals surface area contributed by atoms with Crippen LogP contribution in [0.25, 0.3) is 5.69 Å². The third-order valence-corrected chi connectivity index (χ3v) is 4.54. The Morgan fingerprint density at radius 2 is 1.86 bits per heavy atom. The van der Waals surface area contributed by atoms with Crippen LogP contribution in [-0.4, -0.2) is 44.3 Å². The summed E-state index contributed by atoms with van der Waals surface area (Å²) in [5.41, 5.74) is 3.24. The lowest BCUT2D eigenvalue weighted by Crippen LogP contribution is -2.31. The molecule has 0 N–H and O–H groups in total. The number of aryl methyl sites for hydroxylation is 2. The Bertz CT molecular complexity index is 964. The Morgan fingerprint density at radius 1 is 1.18 bits per heavy atom. The standard InChI is InChI=1S/C21H27N5O2/c1-14-7-9-16(10-8-14)26-13-17(19(23-26)21(3,4)5)20(27)25(6)12-11-18-22-15(2)28-24-18/h7-10,13H,11-12H2,1-6H3. The summed E-state index contributed by atoms with van der Waals surface area (Å²) < 4.78 is 6.77. The average Bonchev–Trinajstić information content (AvgIpc) is 3.26. The maximum Gasteiger partial charge on any atom is 0.257 e. The first-order valence-electron chi connectivity index (χ1n) is 9.37. The van der Waals surface area contributed by atoms with Crippen LogP contribution in [0.5, 0.6) is 0 Å².